The van der Waals surface area contributed by atoms with Gasteiger partial charge in [-0.05, 0) is 71.3 Å². The molecule has 0 fully saturated rings. The van der Waals surface area contributed by atoms with Gasteiger partial charge in [0.15, 0.2) is 0 Å². The summed E-state index contributed by atoms with van der Waals surface area (Å²) in [6.07, 6.45) is 0. The van der Waals surface area contributed by atoms with Crippen LogP contribution in [0, 0.1) is 22.7 Å². The van der Waals surface area contributed by atoms with Gasteiger partial charge in [0.25, 0.3) is 0 Å². The molecular formula is C44H26N4. The van der Waals surface area contributed by atoms with Gasteiger partial charge in [-0.3, -0.25) is 0 Å². The van der Waals surface area contributed by atoms with Crippen molar-refractivity contribution >= 4 is 43.6 Å². The van der Waals surface area contributed by atoms with Gasteiger partial charge in [-0.25, -0.2) is 0 Å². The lowest BCUT2D eigenvalue weighted by atomic mass is 9.95. The maximum absolute atomic E-state index is 10.2. The first kappa shape index (κ1) is 27.4. The molecule has 0 amide bonds. The molecule has 0 unspecified atom stereocenters. The van der Waals surface area contributed by atoms with Crippen LogP contribution in [0.15, 0.2) is 158 Å². The van der Waals surface area contributed by atoms with Crippen LogP contribution in [-0.2, 0) is 0 Å². The van der Waals surface area contributed by atoms with Crippen molar-refractivity contribution in [3.63, 3.8) is 0 Å². The molecule has 0 aliphatic rings. The molecule has 0 saturated heterocycles. The second-order valence-corrected chi connectivity index (χ2v) is 12.0. The molecule has 48 heavy (non-hydrogen) atoms. The third-order valence-electron chi connectivity index (χ3n) is 9.42. The first-order valence-electron chi connectivity index (χ1n) is 15.9. The summed E-state index contributed by atoms with van der Waals surface area (Å²) in [4.78, 5) is 0. The van der Waals surface area contributed by atoms with E-state index >= 15 is 0 Å². The Kier molecular flexibility index (Phi) is 6.22. The number of aromatic nitrogens is 2. The lowest BCUT2D eigenvalue weighted by Crippen LogP contribution is -1.99. The van der Waals surface area contributed by atoms with E-state index in [0.29, 0.717) is 11.1 Å². The van der Waals surface area contributed by atoms with E-state index in [1.807, 2.05) is 30.3 Å². The number of hydrogen-bond acceptors (Lipinski definition) is 2. The Morgan fingerprint density at radius 2 is 0.917 bits per heavy atom. The summed E-state index contributed by atoms with van der Waals surface area (Å²) in [5.41, 5.74) is 11.7. The Morgan fingerprint density at radius 3 is 1.50 bits per heavy atom. The molecule has 0 radical (unpaired) electrons. The predicted molar refractivity (Wildman–Crippen MR) is 195 cm³/mol. The van der Waals surface area contributed by atoms with E-state index in [0.717, 1.165) is 66.5 Å². The summed E-state index contributed by atoms with van der Waals surface area (Å²) >= 11 is 0. The highest BCUT2D eigenvalue weighted by Crippen LogP contribution is 2.38. The molecule has 0 saturated carbocycles. The van der Waals surface area contributed by atoms with E-state index < -0.39 is 0 Å². The quantitative estimate of drug-likeness (QED) is 0.199. The minimum atomic E-state index is 0.636. The fourth-order valence-corrected chi connectivity index (χ4v) is 7.26. The van der Waals surface area contributed by atoms with Crippen molar-refractivity contribution in [3.8, 4) is 45.8 Å². The van der Waals surface area contributed by atoms with E-state index in [1.165, 1.54) is 10.8 Å². The van der Waals surface area contributed by atoms with Gasteiger partial charge in [0, 0.05) is 32.8 Å². The summed E-state index contributed by atoms with van der Waals surface area (Å²) in [5, 5.41) is 24.5. The van der Waals surface area contributed by atoms with Crippen molar-refractivity contribution in [3.05, 3.63) is 169 Å². The van der Waals surface area contributed by atoms with Crippen molar-refractivity contribution in [2.75, 3.05) is 0 Å². The second-order valence-electron chi connectivity index (χ2n) is 12.0. The second kappa shape index (κ2) is 10.9. The highest BCUT2D eigenvalue weighted by atomic mass is 15.0. The van der Waals surface area contributed by atoms with Crippen LogP contribution in [0.25, 0.3) is 77.2 Å². The summed E-state index contributed by atoms with van der Waals surface area (Å²) in [6, 6.07) is 58.9. The highest BCUT2D eigenvalue weighted by molar-refractivity contribution is 6.10. The number of benzene rings is 7. The van der Waals surface area contributed by atoms with Crippen molar-refractivity contribution in [2.24, 2.45) is 0 Å². The van der Waals surface area contributed by atoms with Gasteiger partial charge < -0.3 is 9.13 Å². The highest BCUT2D eigenvalue weighted by Gasteiger charge is 2.18. The Hall–Kier alpha value is -6.88. The Bertz CT molecular complexity index is 2730. The van der Waals surface area contributed by atoms with Crippen LogP contribution in [0.1, 0.15) is 11.1 Å². The topological polar surface area (TPSA) is 57.4 Å². The Labute approximate surface area is 277 Å². The van der Waals surface area contributed by atoms with Gasteiger partial charge in [0.2, 0.25) is 0 Å². The number of hydrogen-bond donors (Lipinski definition) is 0. The average molecular weight is 611 g/mol. The zero-order chi connectivity index (χ0) is 32.2. The fourth-order valence-electron chi connectivity index (χ4n) is 7.26. The van der Waals surface area contributed by atoms with Crippen LogP contribution in [-0.4, -0.2) is 9.13 Å². The van der Waals surface area contributed by atoms with Gasteiger partial charge >= 0.3 is 0 Å². The average Bonchev–Trinajstić information content (AvgIpc) is 3.67. The first-order valence-corrected chi connectivity index (χ1v) is 15.9. The Morgan fingerprint density at radius 1 is 0.396 bits per heavy atom. The summed E-state index contributed by atoms with van der Waals surface area (Å²) < 4.78 is 4.51. The third kappa shape index (κ3) is 4.14. The molecule has 222 valence electrons. The van der Waals surface area contributed by atoms with E-state index in [4.69, 9.17) is 0 Å². The SMILES string of the molecule is N#Cc1ccc2c3ccccc3n(-c3ccc(-c4ccc(-c5c(C#N)cccc5-n5c6ccccc6c6ccccc65)cc4)cc3)c2c1. The molecule has 9 rings (SSSR count). The molecule has 0 aliphatic heterocycles. The number of nitriles is 2. The van der Waals surface area contributed by atoms with E-state index in [9.17, 15) is 10.5 Å². The molecule has 0 bridgehead atoms. The molecule has 0 atom stereocenters. The molecule has 0 N–H and O–H groups in total. The monoisotopic (exact) mass is 610 g/mol. The van der Waals surface area contributed by atoms with Crippen molar-refractivity contribution < 1.29 is 0 Å². The Balaban J connectivity index is 1.13. The van der Waals surface area contributed by atoms with E-state index in [1.54, 1.807) is 0 Å². The summed E-state index contributed by atoms with van der Waals surface area (Å²) in [6.45, 7) is 0. The van der Waals surface area contributed by atoms with E-state index in [2.05, 4.69) is 149 Å². The van der Waals surface area contributed by atoms with Crippen LogP contribution < -0.4 is 0 Å². The van der Waals surface area contributed by atoms with Gasteiger partial charge in [0.1, 0.15) is 0 Å². The number of nitrogens with zero attached hydrogens (tertiary/aromatic N) is 4. The van der Waals surface area contributed by atoms with Crippen LogP contribution in [0.4, 0.5) is 0 Å². The van der Waals surface area contributed by atoms with Crippen LogP contribution in [0.5, 0.6) is 0 Å². The summed E-state index contributed by atoms with van der Waals surface area (Å²) in [7, 11) is 0. The van der Waals surface area contributed by atoms with E-state index in [-0.39, 0.29) is 0 Å². The zero-order valence-electron chi connectivity index (χ0n) is 25.8. The summed E-state index contributed by atoms with van der Waals surface area (Å²) in [5.74, 6) is 0. The number of rotatable bonds is 4. The number of para-hydroxylation sites is 3. The fraction of sp³-hybridized carbons (Fsp3) is 0. The van der Waals surface area contributed by atoms with Crippen molar-refractivity contribution in [1.82, 2.24) is 9.13 Å². The largest absolute Gasteiger partial charge is 0.309 e. The van der Waals surface area contributed by atoms with Gasteiger partial charge in [-0.1, -0.05) is 103 Å². The third-order valence-corrected chi connectivity index (χ3v) is 9.42. The zero-order valence-corrected chi connectivity index (χ0v) is 25.8. The predicted octanol–water partition coefficient (Wildman–Crippen LogP) is 11.0. The molecule has 4 heteroatoms. The normalized spacial score (nSPS) is 11.3. The van der Waals surface area contributed by atoms with Gasteiger partial charge in [-0.15, -0.1) is 0 Å². The molecule has 2 aromatic heterocycles. The lowest BCUT2D eigenvalue weighted by molar-refractivity contribution is 1.18. The van der Waals surface area contributed by atoms with Gasteiger partial charge in [0.05, 0.1) is 51.0 Å². The van der Waals surface area contributed by atoms with Crippen molar-refractivity contribution in [2.45, 2.75) is 0 Å². The van der Waals surface area contributed by atoms with Crippen LogP contribution in [0.2, 0.25) is 0 Å². The molecule has 2 heterocycles. The molecule has 4 nitrogen and oxygen atoms in total. The molecular weight excluding hydrogens is 585 g/mol. The van der Waals surface area contributed by atoms with Crippen LogP contribution >= 0.6 is 0 Å². The van der Waals surface area contributed by atoms with Crippen LogP contribution in [0.3, 0.4) is 0 Å². The number of fused-ring (bicyclic) bond motifs is 6. The minimum absolute atomic E-state index is 0.636. The maximum Gasteiger partial charge on any atom is 0.0998 e. The van der Waals surface area contributed by atoms with Gasteiger partial charge in [-0.2, -0.15) is 10.5 Å². The lowest BCUT2D eigenvalue weighted by Gasteiger charge is -2.16. The first-order chi connectivity index (χ1) is 23.7. The standard InChI is InChI=1S/C44H26N4/c45-27-29-16-25-38-37-11-1-4-12-39(37)47(43(38)26-29)34-23-21-31(22-24-34)30-17-19-32(20-18-30)44-33(28-46)8-7-15-42(44)48-40-13-5-2-9-35(40)36-10-3-6-14-41(36)48/h1-26H. The molecule has 9 aromatic rings. The minimum Gasteiger partial charge on any atom is -0.309 e. The molecule has 7 aromatic carbocycles. The molecule has 0 aliphatic carbocycles. The molecule has 0 spiro atoms. The van der Waals surface area contributed by atoms with Crippen molar-refractivity contribution in [1.29, 1.82) is 10.5 Å². The maximum atomic E-state index is 10.2. The smallest absolute Gasteiger partial charge is 0.0998 e.